The first kappa shape index (κ1) is 19.2. The predicted molar refractivity (Wildman–Crippen MR) is 87.0 cm³/mol. The Kier molecular flexibility index (Phi) is 5.36. The Bertz CT molecular complexity index is 814. The van der Waals surface area contributed by atoms with Crippen molar-refractivity contribution in [1.29, 1.82) is 0 Å². The van der Waals surface area contributed by atoms with Gasteiger partial charge in [-0.05, 0) is 45.0 Å². The third kappa shape index (κ3) is 4.91. The molecule has 0 N–H and O–H groups in total. The molecule has 1 aromatic carbocycles. The van der Waals surface area contributed by atoms with Gasteiger partial charge in [0.05, 0.1) is 10.3 Å². The Hall–Kier alpha value is -2.16. The van der Waals surface area contributed by atoms with Gasteiger partial charge in [0.25, 0.3) is 0 Å². The fourth-order valence-corrected chi connectivity index (χ4v) is 2.38. The predicted octanol–water partition coefficient (Wildman–Crippen LogP) is 3.93. The maximum atomic E-state index is 13.7. The van der Waals surface area contributed by atoms with Crippen LogP contribution in [0.4, 0.5) is 17.6 Å². The third-order valence-electron chi connectivity index (χ3n) is 2.97. The van der Waals surface area contributed by atoms with Gasteiger partial charge < -0.3 is 0 Å². The van der Waals surface area contributed by atoms with Crippen molar-refractivity contribution >= 4 is 16.7 Å². The Balaban J connectivity index is 2.67. The second kappa shape index (κ2) is 6.99. The van der Waals surface area contributed by atoms with Crippen molar-refractivity contribution in [2.24, 2.45) is 4.40 Å². The molecule has 134 valence electrons. The monoisotopic (exact) mass is 373 g/mol. The van der Waals surface area contributed by atoms with Crippen LogP contribution >= 0.6 is 0 Å². The van der Waals surface area contributed by atoms with Crippen LogP contribution in [-0.2, 0) is 17.2 Å². The van der Waals surface area contributed by atoms with Crippen molar-refractivity contribution in [3.63, 3.8) is 0 Å². The van der Waals surface area contributed by atoms with E-state index in [1.165, 1.54) is 18.5 Å². The first-order valence-electron chi connectivity index (χ1n) is 7.15. The van der Waals surface area contributed by atoms with E-state index in [1.54, 1.807) is 20.8 Å². The van der Waals surface area contributed by atoms with E-state index in [0.717, 1.165) is 12.1 Å². The molecular formula is C16H15F4N3OS. The van der Waals surface area contributed by atoms with E-state index in [4.69, 9.17) is 0 Å². The van der Waals surface area contributed by atoms with E-state index in [2.05, 4.69) is 14.4 Å². The van der Waals surface area contributed by atoms with Gasteiger partial charge in [0.15, 0.2) is 5.82 Å². The lowest BCUT2D eigenvalue weighted by Gasteiger charge is -2.15. The number of hydrogen-bond acceptors (Lipinski definition) is 3. The van der Waals surface area contributed by atoms with Gasteiger partial charge in [-0.2, -0.15) is 17.6 Å². The molecule has 0 aliphatic carbocycles. The molecule has 0 saturated carbocycles. The minimum Gasteiger partial charge on any atom is -0.235 e. The van der Waals surface area contributed by atoms with E-state index in [9.17, 15) is 21.8 Å². The number of benzene rings is 1. The zero-order valence-electron chi connectivity index (χ0n) is 13.6. The number of aromatic nitrogens is 2. The van der Waals surface area contributed by atoms with Crippen LogP contribution in [0.5, 0.6) is 0 Å². The summed E-state index contributed by atoms with van der Waals surface area (Å²) in [5, 5.41) is 0. The number of nitrogens with zero attached hydrogens (tertiary/aromatic N) is 3. The SMILES string of the molecule is CC(C)(C)[S@](=O)N=C(c1cc(F)cc(C(F)(F)F)c1)c1ncccn1. The topological polar surface area (TPSA) is 55.2 Å². The molecule has 0 unspecified atom stereocenters. The van der Waals surface area contributed by atoms with Crippen molar-refractivity contribution in [3.05, 3.63) is 59.4 Å². The summed E-state index contributed by atoms with van der Waals surface area (Å²) in [7, 11) is -1.80. The van der Waals surface area contributed by atoms with E-state index in [1.807, 2.05) is 0 Å². The maximum Gasteiger partial charge on any atom is 0.416 e. The zero-order chi connectivity index (χ0) is 18.8. The lowest BCUT2D eigenvalue weighted by molar-refractivity contribution is -0.137. The zero-order valence-corrected chi connectivity index (χ0v) is 14.5. The summed E-state index contributed by atoms with van der Waals surface area (Å²) in [4.78, 5) is 7.86. The third-order valence-corrected chi connectivity index (χ3v) is 4.37. The molecule has 0 amide bonds. The molecule has 1 aromatic heterocycles. The second-order valence-corrected chi connectivity index (χ2v) is 8.01. The highest BCUT2D eigenvalue weighted by Crippen LogP contribution is 2.31. The minimum atomic E-state index is -4.73. The lowest BCUT2D eigenvalue weighted by Crippen LogP contribution is -2.22. The van der Waals surface area contributed by atoms with Gasteiger partial charge in [0.2, 0.25) is 0 Å². The molecule has 0 radical (unpaired) electrons. The summed E-state index contributed by atoms with van der Waals surface area (Å²) >= 11 is 0. The average molecular weight is 373 g/mol. The Morgan fingerprint density at radius 1 is 1.08 bits per heavy atom. The molecule has 9 heteroatoms. The van der Waals surface area contributed by atoms with Gasteiger partial charge in [-0.25, -0.2) is 18.6 Å². The number of hydrogen-bond donors (Lipinski definition) is 0. The normalized spacial score (nSPS) is 14.4. The number of alkyl halides is 3. The molecule has 0 aliphatic heterocycles. The van der Waals surface area contributed by atoms with Crippen LogP contribution in [0.3, 0.4) is 0 Å². The lowest BCUT2D eigenvalue weighted by atomic mass is 10.1. The standard InChI is InChI=1S/C16H15F4N3OS/c1-15(2,3)25(24)23-13(14-21-5-4-6-22-14)10-7-11(16(18,19)20)9-12(17)8-10/h4-9H,1-3H3/t25-/m0/s1. The van der Waals surface area contributed by atoms with Gasteiger partial charge in [-0.3, -0.25) is 0 Å². The quantitative estimate of drug-likeness (QED) is 0.605. The van der Waals surface area contributed by atoms with Gasteiger partial charge in [0, 0.05) is 18.0 Å². The molecule has 25 heavy (non-hydrogen) atoms. The summed E-state index contributed by atoms with van der Waals surface area (Å²) in [5.41, 5.74) is -1.54. The summed E-state index contributed by atoms with van der Waals surface area (Å²) < 4.78 is 68.2. The van der Waals surface area contributed by atoms with Crippen molar-refractivity contribution in [1.82, 2.24) is 9.97 Å². The van der Waals surface area contributed by atoms with Crippen LogP contribution in [0.2, 0.25) is 0 Å². The minimum absolute atomic E-state index is 0.0428. The first-order chi connectivity index (χ1) is 11.5. The first-order valence-corrected chi connectivity index (χ1v) is 8.25. The molecule has 0 aliphatic rings. The summed E-state index contributed by atoms with van der Waals surface area (Å²) in [6.45, 7) is 4.97. The number of rotatable bonds is 3. The van der Waals surface area contributed by atoms with Gasteiger partial charge in [0.1, 0.15) is 22.5 Å². The van der Waals surface area contributed by atoms with Crippen LogP contribution in [0.15, 0.2) is 41.1 Å². The second-order valence-electron chi connectivity index (χ2n) is 6.10. The van der Waals surface area contributed by atoms with Crippen molar-refractivity contribution in [3.8, 4) is 0 Å². The fraction of sp³-hybridized carbons (Fsp3) is 0.312. The summed E-state index contributed by atoms with van der Waals surface area (Å²) in [6.07, 6.45) is -2.01. The van der Waals surface area contributed by atoms with Crippen molar-refractivity contribution in [2.45, 2.75) is 31.7 Å². The van der Waals surface area contributed by atoms with Crippen LogP contribution in [0.1, 0.15) is 37.7 Å². The van der Waals surface area contributed by atoms with E-state index in [-0.39, 0.29) is 17.1 Å². The largest absolute Gasteiger partial charge is 0.416 e. The molecule has 2 rings (SSSR count). The van der Waals surface area contributed by atoms with Gasteiger partial charge >= 0.3 is 6.18 Å². The number of halogens is 4. The Morgan fingerprint density at radius 2 is 1.68 bits per heavy atom. The highest BCUT2D eigenvalue weighted by atomic mass is 32.2. The highest BCUT2D eigenvalue weighted by molar-refractivity contribution is 7.85. The van der Waals surface area contributed by atoms with E-state index >= 15 is 0 Å². The summed E-state index contributed by atoms with van der Waals surface area (Å²) in [5.74, 6) is -1.13. The van der Waals surface area contributed by atoms with Crippen LogP contribution in [0, 0.1) is 5.82 Å². The highest BCUT2D eigenvalue weighted by Gasteiger charge is 2.32. The molecule has 2 aromatic rings. The maximum absolute atomic E-state index is 13.7. The van der Waals surface area contributed by atoms with Crippen molar-refractivity contribution < 1.29 is 21.8 Å². The van der Waals surface area contributed by atoms with Crippen molar-refractivity contribution in [2.75, 3.05) is 0 Å². The molecular weight excluding hydrogens is 358 g/mol. The Labute approximate surface area is 144 Å². The smallest absolute Gasteiger partial charge is 0.235 e. The van der Waals surface area contributed by atoms with Gasteiger partial charge in [-0.1, -0.05) is 0 Å². The molecule has 1 heterocycles. The van der Waals surface area contributed by atoms with Crippen LogP contribution in [-0.4, -0.2) is 24.6 Å². The fourth-order valence-electron chi connectivity index (χ4n) is 1.75. The molecule has 0 bridgehead atoms. The van der Waals surface area contributed by atoms with E-state index < -0.39 is 33.3 Å². The van der Waals surface area contributed by atoms with Crippen LogP contribution < -0.4 is 0 Å². The van der Waals surface area contributed by atoms with E-state index in [0.29, 0.717) is 6.07 Å². The summed E-state index contributed by atoms with van der Waals surface area (Å²) in [6, 6.07) is 3.50. The average Bonchev–Trinajstić information content (AvgIpc) is 2.50. The molecule has 0 saturated heterocycles. The van der Waals surface area contributed by atoms with Gasteiger partial charge in [-0.15, -0.1) is 0 Å². The molecule has 1 atom stereocenters. The molecule has 4 nitrogen and oxygen atoms in total. The van der Waals surface area contributed by atoms with Crippen LogP contribution in [0.25, 0.3) is 0 Å². The Morgan fingerprint density at radius 3 is 2.20 bits per heavy atom. The molecule has 0 fully saturated rings. The molecule has 0 spiro atoms.